The molecule has 32 heavy (non-hydrogen) atoms. The van der Waals surface area contributed by atoms with Gasteiger partial charge in [-0.2, -0.15) is 0 Å². The summed E-state index contributed by atoms with van der Waals surface area (Å²) < 4.78 is 27.0. The Morgan fingerprint density at radius 3 is 2.38 bits per heavy atom. The molecule has 3 aromatic carbocycles. The van der Waals surface area contributed by atoms with Gasteiger partial charge in [0, 0.05) is 35.1 Å². The third kappa shape index (κ3) is 5.62. The van der Waals surface area contributed by atoms with Crippen molar-refractivity contribution in [2.24, 2.45) is 0 Å². The second-order valence-electron chi connectivity index (χ2n) is 7.18. The smallest absolute Gasteiger partial charge is 0.319 e. The Labute approximate surface area is 189 Å². The van der Waals surface area contributed by atoms with E-state index in [1.54, 1.807) is 31.2 Å². The number of aryl methyl sites for hydroxylation is 1. The van der Waals surface area contributed by atoms with E-state index < -0.39 is 11.6 Å². The zero-order chi connectivity index (χ0) is 23.3. The molecule has 0 atom stereocenters. The molecule has 0 bridgehead atoms. The molecule has 166 valence electrons. The van der Waals surface area contributed by atoms with Gasteiger partial charge in [0.1, 0.15) is 11.6 Å². The third-order valence-corrected chi connectivity index (χ3v) is 5.01. The number of ketones is 1. The minimum Gasteiger partial charge on any atom is -0.353 e. The Balaban J connectivity index is 1.81. The Morgan fingerprint density at radius 2 is 1.69 bits per heavy atom. The molecule has 0 fully saturated rings. The van der Waals surface area contributed by atoms with Crippen LogP contribution in [0.25, 0.3) is 0 Å². The molecule has 3 rings (SSSR count). The Kier molecular flexibility index (Phi) is 7.43. The molecule has 0 aliphatic rings. The molecule has 0 aliphatic carbocycles. The lowest BCUT2D eigenvalue weighted by Crippen LogP contribution is -2.29. The average Bonchev–Trinajstić information content (AvgIpc) is 2.75. The van der Waals surface area contributed by atoms with Crippen molar-refractivity contribution < 1.29 is 18.4 Å². The van der Waals surface area contributed by atoms with Crippen LogP contribution in [0.4, 0.5) is 30.6 Å². The number of benzene rings is 3. The number of hydrogen-bond acceptors (Lipinski definition) is 3. The van der Waals surface area contributed by atoms with E-state index in [0.717, 1.165) is 24.1 Å². The van der Waals surface area contributed by atoms with E-state index >= 15 is 0 Å². The summed E-state index contributed by atoms with van der Waals surface area (Å²) in [7, 11) is 0. The minimum atomic E-state index is -0.746. The standard InChI is InChI=1S/C24H22ClF2N3O2/c1-3-10-28-24(32)30-16-6-4-14(2)19(12-16)23(31)18-8-7-17(13-20(18)25)29-22-9-5-15(26)11-21(22)27/h4-9,11-13,29H,3,10H2,1-2H3,(H2,28,30,32). The van der Waals surface area contributed by atoms with Gasteiger partial charge in [0.2, 0.25) is 0 Å². The zero-order valence-corrected chi connectivity index (χ0v) is 18.3. The fraction of sp³-hybridized carbons (Fsp3) is 0.167. The third-order valence-electron chi connectivity index (χ3n) is 4.70. The average molecular weight is 458 g/mol. The number of carbonyl (C=O) groups excluding carboxylic acids is 2. The van der Waals surface area contributed by atoms with Crippen molar-refractivity contribution >= 4 is 40.5 Å². The number of amides is 2. The van der Waals surface area contributed by atoms with Gasteiger partial charge in [-0.1, -0.05) is 24.6 Å². The monoisotopic (exact) mass is 457 g/mol. The van der Waals surface area contributed by atoms with E-state index in [1.807, 2.05) is 6.92 Å². The highest BCUT2D eigenvalue weighted by atomic mass is 35.5. The molecule has 0 aromatic heterocycles. The van der Waals surface area contributed by atoms with Gasteiger partial charge in [0.25, 0.3) is 0 Å². The van der Waals surface area contributed by atoms with Gasteiger partial charge in [0.15, 0.2) is 5.78 Å². The molecule has 2 amide bonds. The van der Waals surface area contributed by atoms with Crippen molar-refractivity contribution in [1.29, 1.82) is 0 Å². The van der Waals surface area contributed by atoms with Gasteiger partial charge in [-0.15, -0.1) is 0 Å². The molecule has 0 spiro atoms. The van der Waals surface area contributed by atoms with Crippen LogP contribution in [0.3, 0.4) is 0 Å². The highest BCUT2D eigenvalue weighted by Crippen LogP contribution is 2.28. The molecular formula is C24H22ClF2N3O2. The van der Waals surface area contributed by atoms with Gasteiger partial charge in [0.05, 0.1) is 10.7 Å². The Hall–Kier alpha value is -3.45. The van der Waals surface area contributed by atoms with E-state index in [9.17, 15) is 18.4 Å². The summed E-state index contributed by atoms with van der Waals surface area (Å²) in [6.07, 6.45) is 0.808. The van der Waals surface area contributed by atoms with Crippen LogP contribution in [0.2, 0.25) is 5.02 Å². The summed E-state index contributed by atoms with van der Waals surface area (Å²) in [6.45, 7) is 4.28. The molecule has 0 radical (unpaired) electrons. The van der Waals surface area contributed by atoms with Crippen LogP contribution >= 0.6 is 11.6 Å². The van der Waals surface area contributed by atoms with Gasteiger partial charge < -0.3 is 16.0 Å². The largest absolute Gasteiger partial charge is 0.353 e. The van der Waals surface area contributed by atoms with E-state index in [1.165, 1.54) is 18.2 Å². The van der Waals surface area contributed by atoms with Gasteiger partial charge >= 0.3 is 6.03 Å². The number of urea groups is 1. The maximum atomic E-state index is 13.9. The van der Waals surface area contributed by atoms with Crippen molar-refractivity contribution in [3.63, 3.8) is 0 Å². The molecule has 5 nitrogen and oxygen atoms in total. The number of rotatable bonds is 7. The predicted molar refractivity (Wildman–Crippen MR) is 123 cm³/mol. The first-order valence-electron chi connectivity index (χ1n) is 10.00. The van der Waals surface area contributed by atoms with Crippen molar-refractivity contribution in [3.05, 3.63) is 87.9 Å². The lowest BCUT2D eigenvalue weighted by molar-refractivity contribution is 0.103. The number of nitrogens with one attached hydrogen (secondary N) is 3. The number of carbonyl (C=O) groups is 2. The normalized spacial score (nSPS) is 10.5. The fourth-order valence-corrected chi connectivity index (χ4v) is 3.29. The molecule has 0 aliphatic heterocycles. The second-order valence-corrected chi connectivity index (χ2v) is 7.59. The summed E-state index contributed by atoms with van der Waals surface area (Å²) in [5.74, 6) is -1.74. The highest BCUT2D eigenvalue weighted by molar-refractivity contribution is 6.35. The summed E-state index contributed by atoms with van der Waals surface area (Å²) in [5.41, 5.74) is 2.38. The predicted octanol–water partition coefficient (Wildman–Crippen LogP) is 6.43. The lowest BCUT2D eigenvalue weighted by atomic mass is 9.98. The van der Waals surface area contributed by atoms with E-state index in [2.05, 4.69) is 16.0 Å². The Morgan fingerprint density at radius 1 is 0.938 bits per heavy atom. The lowest BCUT2D eigenvalue weighted by Gasteiger charge is -2.13. The highest BCUT2D eigenvalue weighted by Gasteiger charge is 2.17. The first kappa shape index (κ1) is 23.2. The molecular weight excluding hydrogens is 436 g/mol. The topological polar surface area (TPSA) is 70.2 Å². The molecule has 0 heterocycles. The molecule has 8 heteroatoms. The van der Waals surface area contributed by atoms with E-state index in [-0.39, 0.29) is 28.1 Å². The van der Waals surface area contributed by atoms with Crippen molar-refractivity contribution in [2.45, 2.75) is 20.3 Å². The first-order chi connectivity index (χ1) is 15.3. The van der Waals surface area contributed by atoms with Crippen LogP contribution < -0.4 is 16.0 Å². The Bertz CT molecular complexity index is 1170. The summed E-state index contributed by atoms with van der Waals surface area (Å²) >= 11 is 6.34. The second kappa shape index (κ2) is 10.2. The van der Waals surface area contributed by atoms with Crippen LogP contribution in [0, 0.1) is 18.6 Å². The molecule has 0 saturated heterocycles. The van der Waals surface area contributed by atoms with Crippen LogP contribution in [-0.2, 0) is 0 Å². The van der Waals surface area contributed by atoms with Crippen LogP contribution in [-0.4, -0.2) is 18.4 Å². The summed E-state index contributed by atoms with van der Waals surface area (Å²) in [5, 5.41) is 8.39. The fourth-order valence-electron chi connectivity index (χ4n) is 3.03. The van der Waals surface area contributed by atoms with Gasteiger partial charge in [-0.25, -0.2) is 13.6 Å². The van der Waals surface area contributed by atoms with Crippen molar-refractivity contribution in [3.8, 4) is 0 Å². The quantitative estimate of drug-likeness (QED) is 0.358. The number of halogens is 3. The van der Waals surface area contributed by atoms with Crippen LogP contribution in [0.5, 0.6) is 0 Å². The van der Waals surface area contributed by atoms with E-state index in [4.69, 9.17) is 11.6 Å². The molecule has 0 unspecified atom stereocenters. The molecule has 3 N–H and O–H groups in total. The molecule has 0 saturated carbocycles. The summed E-state index contributed by atoms with van der Waals surface area (Å²) in [4.78, 5) is 25.0. The van der Waals surface area contributed by atoms with E-state index in [0.29, 0.717) is 23.5 Å². The molecule has 3 aromatic rings. The number of hydrogen-bond donors (Lipinski definition) is 3. The minimum absolute atomic E-state index is 0.0810. The van der Waals surface area contributed by atoms with Crippen molar-refractivity contribution in [1.82, 2.24) is 5.32 Å². The van der Waals surface area contributed by atoms with Crippen LogP contribution in [0.15, 0.2) is 54.6 Å². The number of anilines is 3. The van der Waals surface area contributed by atoms with Gasteiger partial charge in [-0.05, 0) is 61.4 Å². The van der Waals surface area contributed by atoms with Crippen LogP contribution in [0.1, 0.15) is 34.8 Å². The SMILES string of the molecule is CCCNC(=O)Nc1ccc(C)c(C(=O)c2ccc(Nc3ccc(F)cc3F)cc2Cl)c1. The first-order valence-corrected chi connectivity index (χ1v) is 10.4. The van der Waals surface area contributed by atoms with Crippen molar-refractivity contribution in [2.75, 3.05) is 17.2 Å². The zero-order valence-electron chi connectivity index (χ0n) is 17.6. The van der Waals surface area contributed by atoms with Gasteiger partial charge in [-0.3, -0.25) is 4.79 Å². The maximum Gasteiger partial charge on any atom is 0.319 e. The summed E-state index contributed by atoms with van der Waals surface area (Å²) in [6, 6.07) is 12.5. The maximum absolute atomic E-state index is 13.9.